The first-order valence-corrected chi connectivity index (χ1v) is 12.5. The Morgan fingerprint density at radius 3 is 2.41 bits per heavy atom. The molecule has 7 nitrogen and oxygen atoms in total. The van der Waals surface area contributed by atoms with Crippen molar-refractivity contribution in [3.05, 3.63) is 65.6 Å². The summed E-state index contributed by atoms with van der Waals surface area (Å²) in [6, 6.07) is 12.2. The van der Waals surface area contributed by atoms with Gasteiger partial charge in [-0.2, -0.15) is 9.97 Å². The highest BCUT2D eigenvalue weighted by Gasteiger charge is 2.27. The fourth-order valence-electron chi connectivity index (χ4n) is 4.98. The summed E-state index contributed by atoms with van der Waals surface area (Å²) in [5, 5.41) is 2.68. The Morgan fingerprint density at radius 2 is 1.76 bits per heavy atom. The zero-order chi connectivity index (χ0) is 26.3. The van der Waals surface area contributed by atoms with Gasteiger partial charge in [0, 0.05) is 48.3 Å². The number of methoxy groups -OCH3 is 1. The van der Waals surface area contributed by atoms with Crippen molar-refractivity contribution >= 4 is 45.1 Å². The summed E-state index contributed by atoms with van der Waals surface area (Å²) in [6.07, 6.45) is 1.86. The van der Waals surface area contributed by atoms with Crippen LogP contribution in [0.15, 0.2) is 55.0 Å². The zero-order valence-corrected chi connectivity index (χ0v) is 21.7. The number of rotatable bonds is 5. The summed E-state index contributed by atoms with van der Waals surface area (Å²) in [5.41, 5.74) is 4.30. The van der Waals surface area contributed by atoms with Crippen LogP contribution in [-0.4, -0.2) is 59.0 Å². The molecule has 1 amide bonds. The molecule has 0 N–H and O–H groups in total. The molecule has 1 aliphatic heterocycles. The van der Waals surface area contributed by atoms with Crippen LogP contribution in [0.2, 0.25) is 5.02 Å². The Labute approximate surface area is 219 Å². The third kappa shape index (κ3) is 4.46. The lowest BCUT2D eigenvalue weighted by atomic mass is 9.90. The number of amides is 1. The van der Waals surface area contributed by atoms with Gasteiger partial charge in [-0.25, -0.2) is 4.39 Å². The van der Waals surface area contributed by atoms with Gasteiger partial charge >= 0.3 is 6.01 Å². The molecule has 0 atom stereocenters. The minimum absolute atomic E-state index is 0.107. The maximum atomic E-state index is 13.4. The van der Waals surface area contributed by atoms with Gasteiger partial charge in [-0.05, 0) is 28.5 Å². The highest BCUT2D eigenvalue weighted by atomic mass is 35.5. The van der Waals surface area contributed by atoms with Gasteiger partial charge in [-0.1, -0.05) is 62.4 Å². The van der Waals surface area contributed by atoms with E-state index >= 15 is 0 Å². The van der Waals surface area contributed by atoms with E-state index in [1.54, 1.807) is 0 Å². The Bertz CT molecular complexity index is 1530. The average molecular weight is 520 g/mol. The first-order valence-electron chi connectivity index (χ1n) is 12.1. The Balaban J connectivity index is 1.67. The molecule has 4 aromatic rings. The van der Waals surface area contributed by atoms with Crippen molar-refractivity contribution in [3.8, 4) is 17.1 Å². The molecule has 1 fully saturated rings. The van der Waals surface area contributed by atoms with Crippen molar-refractivity contribution in [1.29, 1.82) is 0 Å². The molecule has 0 unspecified atom stereocenters. The lowest BCUT2D eigenvalue weighted by Crippen LogP contribution is -2.49. The molecule has 2 aromatic carbocycles. The molecule has 1 aliphatic rings. The monoisotopic (exact) mass is 519 g/mol. The van der Waals surface area contributed by atoms with Crippen LogP contribution in [-0.2, 0) is 4.79 Å². The van der Waals surface area contributed by atoms with Crippen LogP contribution < -0.4 is 9.64 Å². The maximum absolute atomic E-state index is 13.4. The zero-order valence-electron chi connectivity index (χ0n) is 21.0. The average Bonchev–Trinajstić information content (AvgIpc) is 2.91. The summed E-state index contributed by atoms with van der Waals surface area (Å²) in [6.45, 7) is 8.99. The standard InChI is InChI=1S/C28H27ClFN5O2/c1-16(2)22-20(19-9-5-7-18-8-6-10-21(29)23(18)19)15-31-25-24(22)32-28(37-4)33-26(25)34-11-13-35(14-12-34)27(36)17(3)30/h5-10,15-16H,3,11-14H2,1-2,4H3. The first kappa shape index (κ1) is 24.9. The van der Waals surface area contributed by atoms with Gasteiger partial charge in [-0.3, -0.25) is 9.78 Å². The van der Waals surface area contributed by atoms with Crippen LogP contribution in [0.1, 0.15) is 25.3 Å². The van der Waals surface area contributed by atoms with Crippen molar-refractivity contribution < 1.29 is 13.9 Å². The fraction of sp³-hybridized carbons (Fsp3) is 0.286. The number of ether oxygens (including phenoxy) is 1. The van der Waals surface area contributed by atoms with E-state index in [0.717, 1.165) is 27.5 Å². The number of hydrogen-bond donors (Lipinski definition) is 0. The lowest BCUT2D eigenvalue weighted by Gasteiger charge is -2.35. The quantitative estimate of drug-likeness (QED) is 0.312. The van der Waals surface area contributed by atoms with Gasteiger partial charge in [0.25, 0.3) is 5.91 Å². The van der Waals surface area contributed by atoms with Crippen LogP contribution in [0.25, 0.3) is 32.9 Å². The molecule has 3 heterocycles. The van der Waals surface area contributed by atoms with E-state index in [0.29, 0.717) is 48.1 Å². The highest BCUT2D eigenvalue weighted by Crippen LogP contribution is 2.41. The van der Waals surface area contributed by atoms with Gasteiger partial charge in [0.15, 0.2) is 11.6 Å². The number of aromatic nitrogens is 3. The Kier molecular flexibility index (Phi) is 6.69. The molecule has 0 spiro atoms. The lowest BCUT2D eigenvalue weighted by molar-refractivity contribution is -0.128. The van der Waals surface area contributed by atoms with Crippen molar-refractivity contribution in [1.82, 2.24) is 19.9 Å². The van der Waals surface area contributed by atoms with Gasteiger partial charge in [0.1, 0.15) is 11.0 Å². The number of pyridine rings is 1. The van der Waals surface area contributed by atoms with Gasteiger partial charge in [0.05, 0.1) is 7.11 Å². The minimum atomic E-state index is -0.952. The highest BCUT2D eigenvalue weighted by molar-refractivity contribution is 6.36. The number of fused-ring (bicyclic) bond motifs is 2. The first-order chi connectivity index (χ1) is 17.8. The van der Waals surface area contributed by atoms with Crippen LogP contribution in [0.4, 0.5) is 10.2 Å². The van der Waals surface area contributed by atoms with E-state index in [1.807, 2.05) is 41.4 Å². The van der Waals surface area contributed by atoms with Gasteiger partial charge < -0.3 is 14.5 Å². The SMILES string of the molecule is C=C(F)C(=O)N1CCN(c2nc(OC)nc3c(C(C)C)c(-c4cccc5cccc(Cl)c45)cnc23)CC1. The number of piperazine rings is 1. The van der Waals surface area contributed by atoms with Crippen LogP contribution in [0.3, 0.4) is 0 Å². The molecule has 190 valence electrons. The molecule has 0 aliphatic carbocycles. The molecule has 1 saturated heterocycles. The molecule has 0 radical (unpaired) electrons. The molecular formula is C28H27ClFN5O2. The second-order valence-corrected chi connectivity index (χ2v) is 9.71. The number of halogens is 2. The number of carbonyl (C=O) groups excluding carboxylic acids is 1. The van der Waals surface area contributed by atoms with Crippen LogP contribution in [0, 0.1) is 0 Å². The van der Waals surface area contributed by atoms with Crippen molar-refractivity contribution in [2.75, 3.05) is 38.2 Å². The maximum Gasteiger partial charge on any atom is 0.318 e. The molecule has 5 rings (SSSR count). The molecule has 37 heavy (non-hydrogen) atoms. The largest absolute Gasteiger partial charge is 0.467 e. The van der Waals surface area contributed by atoms with E-state index in [1.165, 1.54) is 12.0 Å². The number of anilines is 1. The van der Waals surface area contributed by atoms with E-state index in [4.69, 9.17) is 26.3 Å². The Hall–Kier alpha value is -3.78. The van der Waals surface area contributed by atoms with E-state index < -0.39 is 11.7 Å². The summed E-state index contributed by atoms with van der Waals surface area (Å²) >= 11 is 6.66. The summed E-state index contributed by atoms with van der Waals surface area (Å²) in [4.78, 5) is 29.7. The van der Waals surface area contributed by atoms with E-state index in [9.17, 15) is 9.18 Å². The minimum Gasteiger partial charge on any atom is -0.467 e. The molecule has 0 saturated carbocycles. The fourth-order valence-corrected chi connectivity index (χ4v) is 5.26. The van der Waals surface area contributed by atoms with Crippen LogP contribution >= 0.6 is 11.6 Å². The predicted octanol–water partition coefficient (Wildman–Crippen LogP) is 5.76. The second-order valence-electron chi connectivity index (χ2n) is 9.30. The summed E-state index contributed by atoms with van der Waals surface area (Å²) in [5.74, 6) is -0.900. The topological polar surface area (TPSA) is 71.5 Å². The van der Waals surface area contributed by atoms with Crippen LogP contribution in [0.5, 0.6) is 6.01 Å². The normalized spacial score (nSPS) is 14.0. The Morgan fingerprint density at radius 1 is 1.05 bits per heavy atom. The van der Waals surface area contributed by atoms with Crippen molar-refractivity contribution in [2.45, 2.75) is 19.8 Å². The van der Waals surface area contributed by atoms with E-state index in [2.05, 4.69) is 31.5 Å². The second kappa shape index (κ2) is 9.94. The number of nitrogens with zero attached hydrogens (tertiary/aromatic N) is 5. The number of carbonyl (C=O) groups is 1. The smallest absolute Gasteiger partial charge is 0.318 e. The third-order valence-corrected chi connectivity index (χ3v) is 7.03. The third-order valence-electron chi connectivity index (χ3n) is 6.72. The summed E-state index contributed by atoms with van der Waals surface area (Å²) in [7, 11) is 1.53. The van der Waals surface area contributed by atoms with E-state index in [-0.39, 0.29) is 11.9 Å². The van der Waals surface area contributed by atoms with Crippen molar-refractivity contribution in [3.63, 3.8) is 0 Å². The van der Waals surface area contributed by atoms with Gasteiger partial charge in [0.2, 0.25) is 0 Å². The molecule has 2 aromatic heterocycles. The summed E-state index contributed by atoms with van der Waals surface area (Å²) < 4.78 is 18.9. The predicted molar refractivity (Wildman–Crippen MR) is 145 cm³/mol. The number of hydrogen-bond acceptors (Lipinski definition) is 6. The molecule has 9 heteroatoms. The molecule has 0 bridgehead atoms. The van der Waals surface area contributed by atoms with Crippen molar-refractivity contribution in [2.24, 2.45) is 0 Å². The van der Waals surface area contributed by atoms with Gasteiger partial charge in [-0.15, -0.1) is 0 Å². The molecular weight excluding hydrogens is 493 g/mol. The number of benzene rings is 2.